The quantitative estimate of drug-likeness (QED) is 0.590. The van der Waals surface area contributed by atoms with E-state index in [0.717, 1.165) is 6.42 Å². The summed E-state index contributed by atoms with van der Waals surface area (Å²) >= 11 is 0. The van der Waals surface area contributed by atoms with Gasteiger partial charge in [-0.05, 0) is 27.2 Å². The maximum Gasteiger partial charge on any atom is 0.410 e. The molecule has 0 heterocycles. The van der Waals surface area contributed by atoms with Crippen LogP contribution < -0.4 is 5.32 Å². The molecule has 1 aliphatic rings. The Bertz CT molecular complexity index is 284. The van der Waals surface area contributed by atoms with Crippen molar-refractivity contribution in [3.63, 3.8) is 0 Å². The molecule has 1 amide bonds. The van der Waals surface area contributed by atoms with E-state index in [1.54, 1.807) is 20.8 Å². The van der Waals surface area contributed by atoms with Crippen LogP contribution in [0.15, 0.2) is 0 Å². The Labute approximate surface area is 95.5 Å². The molecule has 0 unspecified atom stereocenters. The van der Waals surface area contributed by atoms with Gasteiger partial charge in [0.1, 0.15) is 5.60 Å². The lowest BCUT2D eigenvalue weighted by Crippen LogP contribution is -2.43. The number of ether oxygens (including phenoxy) is 2. The zero-order valence-electron chi connectivity index (χ0n) is 10.2. The topological polar surface area (TPSA) is 64.6 Å². The van der Waals surface area contributed by atoms with Crippen LogP contribution in [0.4, 0.5) is 4.79 Å². The van der Waals surface area contributed by atoms with E-state index < -0.39 is 17.4 Å². The number of hydrogen-bond acceptors (Lipinski definition) is 4. The number of alkyl carbamates (subject to hydrolysis) is 1. The van der Waals surface area contributed by atoms with Crippen LogP contribution in [-0.2, 0) is 14.3 Å². The van der Waals surface area contributed by atoms with Crippen LogP contribution in [0.25, 0.3) is 0 Å². The number of carbonyl (C=O) groups is 2. The van der Waals surface area contributed by atoms with Crippen molar-refractivity contribution in [2.75, 3.05) is 0 Å². The molecule has 1 N–H and O–H groups in total. The summed E-state index contributed by atoms with van der Waals surface area (Å²) in [4.78, 5) is 21.9. The van der Waals surface area contributed by atoms with Gasteiger partial charge in [0, 0.05) is 12.3 Å². The Morgan fingerprint density at radius 1 is 1.56 bits per heavy atom. The lowest BCUT2D eigenvalue weighted by Gasteiger charge is -2.23. The molecule has 0 aromatic rings. The molecule has 1 aliphatic carbocycles. The molecule has 0 radical (unpaired) electrons. The summed E-state index contributed by atoms with van der Waals surface area (Å²) in [7, 11) is 0. The van der Waals surface area contributed by atoms with E-state index in [9.17, 15) is 9.59 Å². The number of nitrogens with one attached hydrogen (secondary N) is 1. The zero-order valence-corrected chi connectivity index (χ0v) is 10.2. The summed E-state index contributed by atoms with van der Waals surface area (Å²) in [5.74, 6) is 0.185. The van der Waals surface area contributed by atoms with Crippen molar-refractivity contribution in [1.82, 2.24) is 5.32 Å². The van der Waals surface area contributed by atoms with Crippen LogP contribution in [0.1, 0.15) is 40.5 Å². The molecular formula is C11H19NO4. The third-order valence-electron chi connectivity index (χ3n) is 2.51. The lowest BCUT2D eigenvalue weighted by atomic mass is 10.2. The molecule has 1 rings (SSSR count). The van der Waals surface area contributed by atoms with Crippen LogP contribution in [0.5, 0.6) is 0 Å². The number of amides is 1. The van der Waals surface area contributed by atoms with E-state index in [4.69, 9.17) is 9.47 Å². The summed E-state index contributed by atoms with van der Waals surface area (Å²) in [6.07, 6.45) is 0.954. The van der Waals surface area contributed by atoms with Gasteiger partial charge in [-0.15, -0.1) is 0 Å². The average Bonchev–Trinajstić information content (AvgIpc) is 2.75. The Balaban J connectivity index is 2.51. The highest BCUT2D eigenvalue weighted by molar-refractivity contribution is 5.69. The van der Waals surface area contributed by atoms with Gasteiger partial charge < -0.3 is 9.47 Å². The van der Waals surface area contributed by atoms with Crippen LogP contribution in [-0.4, -0.2) is 23.9 Å². The predicted molar refractivity (Wildman–Crippen MR) is 57.6 cm³/mol. The molecule has 92 valence electrons. The largest absolute Gasteiger partial charge is 0.444 e. The van der Waals surface area contributed by atoms with E-state index in [-0.39, 0.29) is 5.92 Å². The fourth-order valence-corrected chi connectivity index (χ4v) is 1.67. The molecule has 5 nitrogen and oxygen atoms in total. The smallest absolute Gasteiger partial charge is 0.410 e. The summed E-state index contributed by atoms with van der Waals surface area (Å²) < 4.78 is 10.0. The summed E-state index contributed by atoms with van der Waals surface area (Å²) in [6, 6.07) is 0. The summed E-state index contributed by atoms with van der Waals surface area (Å²) in [5.41, 5.74) is -1.39. The van der Waals surface area contributed by atoms with Crippen LogP contribution in [0, 0.1) is 5.92 Å². The van der Waals surface area contributed by atoms with Gasteiger partial charge in [-0.1, -0.05) is 6.92 Å². The van der Waals surface area contributed by atoms with Crippen LogP contribution in [0.3, 0.4) is 0 Å². The third kappa shape index (κ3) is 3.12. The first-order valence-corrected chi connectivity index (χ1v) is 5.45. The normalized spacial score (nSPS) is 28.1. The molecule has 0 aromatic heterocycles. The third-order valence-corrected chi connectivity index (χ3v) is 2.51. The van der Waals surface area contributed by atoms with Gasteiger partial charge in [0.2, 0.25) is 0 Å². The lowest BCUT2D eigenvalue weighted by molar-refractivity contribution is -0.138. The van der Waals surface area contributed by atoms with E-state index in [0.29, 0.717) is 12.9 Å². The standard InChI is InChI=1S/C11H19NO4/c1-5-8-6-11(8,15-7-13)12-9(14)16-10(2,3)4/h7-8H,5-6H2,1-4H3,(H,12,14)/t8-,11-/m1/s1. The van der Waals surface area contributed by atoms with Gasteiger partial charge in [-0.25, -0.2) is 4.79 Å². The molecule has 1 saturated carbocycles. The van der Waals surface area contributed by atoms with Crippen molar-refractivity contribution in [2.24, 2.45) is 5.92 Å². The number of hydrogen-bond donors (Lipinski definition) is 1. The van der Waals surface area contributed by atoms with E-state index in [1.165, 1.54) is 0 Å². The van der Waals surface area contributed by atoms with Gasteiger partial charge in [0.05, 0.1) is 0 Å². The first-order chi connectivity index (χ1) is 7.33. The minimum Gasteiger partial charge on any atom is -0.444 e. The predicted octanol–water partition coefficient (Wildman–Crippen LogP) is 1.81. The van der Waals surface area contributed by atoms with Crippen molar-refractivity contribution >= 4 is 12.6 Å². The molecule has 2 atom stereocenters. The van der Waals surface area contributed by atoms with Crippen molar-refractivity contribution in [2.45, 2.75) is 51.9 Å². The van der Waals surface area contributed by atoms with Gasteiger partial charge >= 0.3 is 6.09 Å². The van der Waals surface area contributed by atoms with Crippen LogP contribution in [0.2, 0.25) is 0 Å². The Morgan fingerprint density at radius 3 is 2.56 bits per heavy atom. The minimum atomic E-state index is -0.834. The SMILES string of the molecule is CC[C@@H]1C[C@@]1(NC(=O)OC(C)(C)C)OC=O. The molecule has 0 aromatic carbocycles. The molecule has 1 fully saturated rings. The summed E-state index contributed by atoms with van der Waals surface area (Å²) in [5, 5.41) is 2.61. The Kier molecular flexibility index (Phi) is 3.45. The number of carbonyl (C=O) groups excluding carboxylic acids is 2. The molecule has 0 saturated heterocycles. The molecule has 16 heavy (non-hydrogen) atoms. The molecular weight excluding hydrogens is 210 g/mol. The average molecular weight is 229 g/mol. The fourth-order valence-electron chi connectivity index (χ4n) is 1.67. The monoisotopic (exact) mass is 229 g/mol. The van der Waals surface area contributed by atoms with Gasteiger partial charge in [0.25, 0.3) is 6.47 Å². The second-order valence-electron chi connectivity index (χ2n) is 5.04. The molecule has 5 heteroatoms. The van der Waals surface area contributed by atoms with Gasteiger partial charge in [0.15, 0.2) is 5.72 Å². The maximum atomic E-state index is 11.5. The molecule has 0 bridgehead atoms. The first-order valence-electron chi connectivity index (χ1n) is 5.45. The fraction of sp³-hybridized carbons (Fsp3) is 0.818. The second kappa shape index (κ2) is 4.31. The van der Waals surface area contributed by atoms with Crippen molar-refractivity contribution < 1.29 is 19.1 Å². The Morgan fingerprint density at radius 2 is 2.19 bits per heavy atom. The highest BCUT2D eigenvalue weighted by Gasteiger charge is 2.57. The Hall–Kier alpha value is -1.26. The zero-order chi connectivity index (χ0) is 12.4. The van der Waals surface area contributed by atoms with Crippen molar-refractivity contribution in [1.29, 1.82) is 0 Å². The van der Waals surface area contributed by atoms with Crippen molar-refractivity contribution in [3.05, 3.63) is 0 Å². The summed E-state index contributed by atoms with van der Waals surface area (Å²) in [6.45, 7) is 7.70. The maximum absolute atomic E-state index is 11.5. The molecule has 0 aliphatic heterocycles. The van der Waals surface area contributed by atoms with E-state index >= 15 is 0 Å². The van der Waals surface area contributed by atoms with Crippen molar-refractivity contribution in [3.8, 4) is 0 Å². The minimum absolute atomic E-state index is 0.185. The van der Waals surface area contributed by atoms with Gasteiger partial charge in [-0.3, -0.25) is 10.1 Å². The van der Waals surface area contributed by atoms with Crippen LogP contribution >= 0.6 is 0 Å². The number of rotatable bonds is 4. The van der Waals surface area contributed by atoms with Gasteiger partial charge in [-0.2, -0.15) is 0 Å². The molecule has 0 spiro atoms. The second-order valence-corrected chi connectivity index (χ2v) is 5.04. The highest BCUT2D eigenvalue weighted by Crippen LogP contribution is 2.46. The van der Waals surface area contributed by atoms with E-state index in [2.05, 4.69) is 5.32 Å². The van der Waals surface area contributed by atoms with E-state index in [1.807, 2.05) is 6.92 Å². The highest BCUT2D eigenvalue weighted by atomic mass is 16.6. The first kappa shape index (κ1) is 12.8.